The number of hydrogen-bond donors (Lipinski definition) is 1. The lowest BCUT2D eigenvalue weighted by Crippen LogP contribution is -2.35. The summed E-state index contributed by atoms with van der Waals surface area (Å²) in [6.07, 6.45) is 6.74. The highest BCUT2D eigenvalue weighted by Gasteiger charge is 2.35. The second-order valence-corrected chi connectivity index (χ2v) is 7.47. The van der Waals surface area contributed by atoms with Crippen LogP contribution in [0.25, 0.3) is 0 Å². The Kier molecular flexibility index (Phi) is 4.49. The number of thioether (sulfide) groups is 1. The van der Waals surface area contributed by atoms with E-state index >= 15 is 0 Å². The molecule has 2 aliphatic rings. The number of nitrogens with zero attached hydrogens (tertiary/aromatic N) is 1. The van der Waals surface area contributed by atoms with Crippen LogP contribution >= 0.6 is 35.0 Å². The number of para-hydroxylation sites is 1. The quantitative estimate of drug-likeness (QED) is 0.740. The first-order valence-corrected chi connectivity index (χ1v) is 8.81. The third kappa shape index (κ3) is 3.10. The first-order valence-electron chi connectivity index (χ1n) is 7.07. The Labute approximate surface area is 134 Å². The number of hydrogen-bond acceptors (Lipinski definition) is 3. The molecule has 0 radical (unpaired) electrons. The van der Waals surface area contributed by atoms with Gasteiger partial charge in [-0.05, 0) is 30.4 Å². The van der Waals surface area contributed by atoms with Gasteiger partial charge >= 0.3 is 0 Å². The summed E-state index contributed by atoms with van der Waals surface area (Å²) in [5, 5.41) is 5.50. The first kappa shape index (κ1) is 14.6. The van der Waals surface area contributed by atoms with E-state index in [9.17, 15) is 0 Å². The molecule has 0 bridgehead atoms. The van der Waals surface area contributed by atoms with Crippen LogP contribution in [0.2, 0.25) is 10.0 Å². The van der Waals surface area contributed by atoms with Crippen LogP contribution in [-0.4, -0.2) is 17.5 Å². The van der Waals surface area contributed by atoms with Gasteiger partial charge in [-0.25, -0.2) is 0 Å². The van der Waals surface area contributed by atoms with Gasteiger partial charge in [-0.3, -0.25) is 4.99 Å². The van der Waals surface area contributed by atoms with Crippen molar-refractivity contribution in [2.45, 2.75) is 32.1 Å². The smallest absolute Gasteiger partial charge is 0.161 e. The zero-order valence-electron chi connectivity index (χ0n) is 11.3. The maximum absolute atomic E-state index is 6.18. The molecule has 0 amide bonds. The predicted molar refractivity (Wildman–Crippen MR) is 90.4 cm³/mol. The fraction of sp³-hybridized carbons (Fsp3) is 0.533. The van der Waals surface area contributed by atoms with Crippen molar-refractivity contribution in [1.29, 1.82) is 0 Å². The van der Waals surface area contributed by atoms with Gasteiger partial charge in [0.05, 0.1) is 15.7 Å². The summed E-state index contributed by atoms with van der Waals surface area (Å²) < 4.78 is 0. The summed E-state index contributed by atoms with van der Waals surface area (Å²) in [6.45, 7) is 0.935. The Morgan fingerprint density at radius 2 is 1.80 bits per heavy atom. The molecule has 1 aliphatic carbocycles. The molecule has 0 unspecified atom stereocenters. The number of anilines is 1. The third-order valence-corrected chi connectivity index (χ3v) is 6.07. The van der Waals surface area contributed by atoms with Crippen molar-refractivity contribution in [2.75, 3.05) is 17.6 Å². The van der Waals surface area contributed by atoms with Gasteiger partial charge in [0, 0.05) is 12.3 Å². The molecule has 1 aromatic rings. The van der Waals surface area contributed by atoms with E-state index in [1.54, 1.807) is 11.8 Å². The van der Waals surface area contributed by atoms with E-state index in [1.807, 2.05) is 18.2 Å². The van der Waals surface area contributed by atoms with E-state index in [2.05, 4.69) is 5.32 Å². The lowest BCUT2D eigenvalue weighted by atomic mass is 9.75. The van der Waals surface area contributed by atoms with Crippen LogP contribution < -0.4 is 5.32 Å². The third-order valence-electron chi connectivity index (χ3n) is 4.18. The molecule has 1 saturated carbocycles. The molecule has 1 fully saturated rings. The minimum Gasteiger partial charge on any atom is -0.333 e. The van der Waals surface area contributed by atoms with E-state index in [0.29, 0.717) is 15.5 Å². The fourth-order valence-electron chi connectivity index (χ4n) is 2.96. The van der Waals surface area contributed by atoms with E-state index in [-0.39, 0.29) is 0 Å². The number of benzene rings is 1. The van der Waals surface area contributed by atoms with Crippen LogP contribution in [0, 0.1) is 5.41 Å². The van der Waals surface area contributed by atoms with Gasteiger partial charge in [-0.15, -0.1) is 0 Å². The van der Waals surface area contributed by atoms with Crippen molar-refractivity contribution < 1.29 is 0 Å². The molecule has 0 aromatic heterocycles. The fourth-order valence-corrected chi connectivity index (χ4v) is 4.60. The first-order chi connectivity index (χ1) is 9.69. The normalized spacial score (nSPS) is 21.6. The maximum Gasteiger partial charge on any atom is 0.161 e. The highest BCUT2D eigenvalue weighted by Crippen LogP contribution is 2.42. The Balaban J connectivity index is 1.71. The monoisotopic (exact) mass is 328 g/mol. The number of amidine groups is 1. The lowest BCUT2D eigenvalue weighted by molar-refractivity contribution is 0.232. The summed E-state index contributed by atoms with van der Waals surface area (Å²) in [4.78, 5) is 4.74. The minimum absolute atomic E-state index is 0.443. The van der Waals surface area contributed by atoms with Crippen LogP contribution in [0.4, 0.5) is 5.69 Å². The van der Waals surface area contributed by atoms with Crippen molar-refractivity contribution in [1.82, 2.24) is 0 Å². The van der Waals surface area contributed by atoms with Crippen LogP contribution in [0.15, 0.2) is 23.2 Å². The van der Waals surface area contributed by atoms with Gasteiger partial charge in [0.15, 0.2) is 5.17 Å². The summed E-state index contributed by atoms with van der Waals surface area (Å²) >= 11 is 14.2. The average molecular weight is 329 g/mol. The van der Waals surface area contributed by atoms with Crippen LogP contribution in [-0.2, 0) is 0 Å². The molecule has 0 atom stereocenters. The molecule has 5 heteroatoms. The molecule has 1 heterocycles. The maximum atomic E-state index is 6.18. The van der Waals surface area contributed by atoms with Gasteiger partial charge in [-0.2, -0.15) is 0 Å². The summed E-state index contributed by atoms with van der Waals surface area (Å²) in [6, 6.07) is 5.53. The highest BCUT2D eigenvalue weighted by molar-refractivity contribution is 8.14. The Morgan fingerprint density at radius 1 is 1.10 bits per heavy atom. The molecule has 1 aromatic carbocycles. The molecule has 0 saturated heterocycles. The van der Waals surface area contributed by atoms with Crippen LogP contribution in [0.5, 0.6) is 0 Å². The molecule has 20 heavy (non-hydrogen) atoms. The molecular weight excluding hydrogens is 311 g/mol. The molecule has 1 aliphatic heterocycles. The highest BCUT2D eigenvalue weighted by atomic mass is 35.5. The molecular formula is C15H18Cl2N2S. The molecule has 2 nitrogen and oxygen atoms in total. The van der Waals surface area contributed by atoms with Gasteiger partial charge in [0.2, 0.25) is 0 Å². The average Bonchev–Trinajstić information content (AvgIpc) is 2.46. The van der Waals surface area contributed by atoms with Gasteiger partial charge in [0.25, 0.3) is 0 Å². The summed E-state index contributed by atoms with van der Waals surface area (Å²) in [7, 11) is 0. The van der Waals surface area contributed by atoms with Gasteiger partial charge in [-0.1, -0.05) is 60.3 Å². The second kappa shape index (κ2) is 6.17. The largest absolute Gasteiger partial charge is 0.333 e. The number of halogens is 2. The predicted octanol–water partition coefficient (Wildman–Crippen LogP) is 5.46. The Morgan fingerprint density at radius 3 is 2.40 bits per heavy atom. The zero-order valence-corrected chi connectivity index (χ0v) is 13.6. The lowest BCUT2D eigenvalue weighted by Gasteiger charge is -2.38. The topological polar surface area (TPSA) is 24.4 Å². The molecule has 108 valence electrons. The van der Waals surface area contributed by atoms with Crippen molar-refractivity contribution in [2.24, 2.45) is 10.4 Å². The van der Waals surface area contributed by atoms with Crippen molar-refractivity contribution >= 4 is 45.8 Å². The standard InChI is InChI=1S/C15H18Cl2N2S/c16-11-5-4-6-12(17)13(11)19-14-18-9-15(10-20-14)7-2-1-3-8-15/h4-6H,1-3,7-10H2,(H,18,19). The van der Waals surface area contributed by atoms with E-state index in [4.69, 9.17) is 28.2 Å². The number of nitrogens with one attached hydrogen (secondary N) is 1. The Hall–Kier alpha value is -0.380. The number of rotatable bonds is 1. The van der Waals surface area contributed by atoms with E-state index in [0.717, 1.165) is 23.2 Å². The van der Waals surface area contributed by atoms with Crippen LogP contribution in [0.1, 0.15) is 32.1 Å². The second-order valence-electron chi connectivity index (χ2n) is 5.69. The molecule has 3 rings (SSSR count). The molecule has 1 spiro atoms. The van der Waals surface area contributed by atoms with E-state index < -0.39 is 0 Å². The summed E-state index contributed by atoms with van der Waals surface area (Å²) in [5.41, 5.74) is 1.21. The van der Waals surface area contributed by atoms with E-state index in [1.165, 1.54) is 32.1 Å². The van der Waals surface area contributed by atoms with Crippen molar-refractivity contribution in [3.05, 3.63) is 28.2 Å². The summed E-state index contributed by atoms with van der Waals surface area (Å²) in [5.74, 6) is 1.15. The SMILES string of the molecule is Clc1cccc(Cl)c1NC1=NCC2(CCCCC2)CS1. The zero-order chi connectivity index (χ0) is 14.0. The van der Waals surface area contributed by atoms with Gasteiger partial charge < -0.3 is 5.32 Å². The molecule has 1 N–H and O–H groups in total. The van der Waals surface area contributed by atoms with Crippen molar-refractivity contribution in [3.8, 4) is 0 Å². The minimum atomic E-state index is 0.443. The van der Waals surface area contributed by atoms with Crippen molar-refractivity contribution in [3.63, 3.8) is 0 Å². The number of aliphatic imine (C=N–C) groups is 1. The van der Waals surface area contributed by atoms with Crippen LogP contribution in [0.3, 0.4) is 0 Å². The Bertz CT molecular complexity index is 504. The van der Waals surface area contributed by atoms with Gasteiger partial charge in [0.1, 0.15) is 0 Å².